The van der Waals surface area contributed by atoms with Crippen LogP contribution in [0.3, 0.4) is 0 Å². The fraction of sp³-hybridized carbons (Fsp3) is 0.385. The first-order valence-corrected chi connectivity index (χ1v) is 6.88. The molecule has 2 amide bonds. The number of carbonyl (C=O) groups is 2. The predicted molar refractivity (Wildman–Crippen MR) is 77.3 cm³/mol. The third-order valence-electron chi connectivity index (χ3n) is 3.41. The molecule has 2 atom stereocenters. The number of hydrogen-bond donors (Lipinski definition) is 2. The molecule has 0 spiro atoms. The maximum absolute atomic E-state index is 12.1. The van der Waals surface area contributed by atoms with Crippen molar-refractivity contribution in [2.24, 2.45) is 11.8 Å². The van der Waals surface area contributed by atoms with Crippen LogP contribution < -0.4 is 5.32 Å². The van der Waals surface area contributed by atoms with Crippen LogP contribution in [-0.2, 0) is 4.79 Å². The normalized spacial score (nSPS) is 21.9. The van der Waals surface area contributed by atoms with Crippen molar-refractivity contribution in [1.29, 1.82) is 0 Å². The van der Waals surface area contributed by atoms with Gasteiger partial charge in [0.05, 0.1) is 21.7 Å². The van der Waals surface area contributed by atoms with Gasteiger partial charge >= 0.3 is 12.0 Å². The van der Waals surface area contributed by atoms with Crippen LogP contribution in [0.5, 0.6) is 0 Å². The van der Waals surface area contributed by atoms with Crippen LogP contribution in [0.25, 0.3) is 0 Å². The van der Waals surface area contributed by atoms with Crippen molar-refractivity contribution in [3.63, 3.8) is 0 Å². The van der Waals surface area contributed by atoms with E-state index in [1.807, 2.05) is 6.92 Å². The first kappa shape index (κ1) is 14.9. The zero-order valence-corrected chi connectivity index (χ0v) is 12.3. The second-order valence-corrected chi connectivity index (χ2v) is 5.64. The number of carboxylic acids is 1. The van der Waals surface area contributed by atoms with E-state index in [0.717, 1.165) is 0 Å². The third kappa shape index (κ3) is 2.99. The lowest BCUT2D eigenvalue weighted by Gasteiger charge is -2.17. The number of aliphatic carboxylic acids is 1. The van der Waals surface area contributed by atoms with E-state index in [1.54, 1.807) is 18.2 Å². The van der Waals surface area contributed by atoms with Crippen LogP contribution in [0, 0.1) is 11.8 Å². The van der Waals surface area contributed by atoms with Gasteiger partial charge in [0, 0.05) is 13.1 Å². The minimum absolute atomic E-state index is 0.0758. The second kappa shape index (κ2) is 5.89. The Morgan fingerprint density at radius 3 is 2.65 bits per heavy atom. The summed E-state index contributed by atoms with van der Waals surface area (Å²) in [7, 11) is 0. The van der Waals surface area contributed by atoms with Crippen molar-refractivity contribution in [2.45, 2.75) is 6.92 Å². The maximum Gasteiger partial charge on any atom is 0.321 e. The van der Waals surface area contributed by atoms with Crippen molar-refractivity contribution < 1.29 is 14.7 Å². The highest BCUT2D eigenvalue weighted by atomic mass is 35.5. The molecule has 1 aromatic rings. The van der Waals surface area contributed by atoms with Crippen molar-refractivity contribution >= 4 is 40.9 Å². The van der Waals surface area contributed by atoms with Gasteiger partial charge in [-0.05, 0) is 18.1 Å². The van der Waals surface area contributed by atoms with Gasteiger partial charge in [0.2, 0.25) is 0 Å². The lowest BCUT2D eigenvalue weighted by atomic mass is 9.99. The number of benzene rings is 1. The summed E-state index contributed by atoms with van der Waals surface area (Å²) >= 11 is 11.9. The number of carboxylic acid groups (broad SMARTS) is 1. The molecule has 0 radical (unpaired) electrons. The monoisotopic (exact) mass is 316 g/mol. The summed E-state index contributed by atoms with van der Waals surface area (Å²) in [6, 6.07) is 4.57. The molecule has 1 saturated heterocycles. The topological polar surface area (TPSA) is 69.6 Å². The van der Waals surface area contributed by atoms with Crippen LogP contribution in [0.1, 0.15) is 6.92 Å². The summed E-state index contributed by atoms with van der Waals surface area (Å²) in [5.74, 6) is -1.49. The highest BCUT2D eigenvalue weighted by Crippen LogP contribution is 2.30. The number of anilines is 1. The maximum atomic E-state index is 12.1. The van der Waals surface area contributed by atoms with E-state index in [1.165, 1.54) is 4.90 Å². The average molecular weight is 317 g/mol. The van der Waals surface area contributed by atoms with Crippen LogP contribution >= 0.6 is 23.2 Å². The molecular formula is C13H14Cl2N2O3. The number of rotatable bonds is 2. The minimum atomic E-state index is -0.881. The molecule has 0 unspecified atom stereocenters. The van der Waals surface area contributed by atoms with Gasteiger partial charge in [0.25, 0.3) is 0 Å². The smallest absolute Gasteiger partial charge is 0.321 e. The Balaban J connectivity index is 2.06. The summed E-state index contributed by atoms with van der Waals surface area (Å²) in [5.41, 5.74) is 0.413. The van der Waals surface area contributed by atoms with Crippen molar-refractivity contribution in [3.8, 4) is 0 Å². The van der Waals surface area contributed by atoms with Crippen LogP contribution in [0.2, 0.25) is 10.0 Å². The largest absolute Gasteiger partial charge is 0.481 e. The van der Waals surface area contributed by atoms with Crippen molar-refractivity contribution in [1.82, 2.24) is 4.90 Å². The molecule has 1 aliphatic heterocycles. The number of amides is 2. The molecule has 1 fully saturated rings. The minimum Gasteiger partial charge on any atom is -0.481 e. The van der Waals surface area contributed by atoms with E-state index >= 15 is 0 Å². The number of nitrogens with one attached hydrogen (secondary N) is 1. The predicted octanol–water partition coefficient (Wildman–Crippen LogP) is 3.18. The molecule has 0 aliphatic carbocycles. The Hall–Kier alpha value is -1.46. The zero-order valence-electron chi connectivity index (χ0n) is 10.8. The summed E-state index contributed by atoms with van der Waals surface area (Å²) in [5, 5.41) is 12.3. The third-order valence-corrected chi connectivity index (χ3v) is 4.23. The number of halogens is 2. The Morgan fingerprint density at radius 1 is 1.35 bits per heavy atom. The molecular weight excluding hydrogens is 303 g/mol. The fourth-order valence-electron chi connectivity index (χ4n) is 2.25. The number of carbonyl (C=O) groups excluding carboxylic acids is 1. The molecule has 2 N–H and O–H groups in total. The first-order valence-electron chi connectivity index (χ1n) is 6.13. The van der Waals surface area contributed by atoms with Crippen molar-refractivity contribution in [2.75, 3.05) is 18.4 Å². The standard InChI is InChI=1S/C13H14Cl2N2O3/c1-7-5-17(6-8(7)12(18)19)13(20)16-10-4-2-3-9(14)11(10)15/h2-4,7-8H,5-6H2,1H3,(H,16,20)(H,18,19)/t7-,8-/m1/s1. The Labute approximate surface area is 126 Å². The van der Waals surface area contributed by atoms with Crippen molar-refractivity contribution in [3.05, 3.63) is 28.2 Å². The Bertz CT molecular complexity index is 550. The molecule has 1 aliphatic rings. The van der Waals surface area contributed by atoms with Crippen LogP contribution in [0.4, 0.5) is 10.5 Å². The molecule has 2 rings (SSSR count). The Morgan fingerprint density at radius 2 is 2.05 bits per heavy atom. The number of likely N-dealkylation sites (tertiary alicyclic amines) is 1. The van der Waals surface area contributed by atoms with E-state index < -0.39 is 11.9 Å². The highest BCUT2D eigenvalue weighted by Gasteiger charge is 2.37. The lowest BCUT2D eigenvalue weighted by molar-refractivity contribution is -0.142. The summed E-state index contributed by atoms with van der Waals surface area (Å²) in [6.45, 7) is 2.42. The number of nitrogens with zero attached hydrogens (tertiary/aromatic N) is 1. The highest BCUT2D eigenvalue weighted by molar-refractivity contribution is 6.43. The quantitative estimate of drug-likeness (QED) is 0.880. The summed E-state index contributed by atoms with van der Waals surface area (Å²) in [6.07, 6.45) is 0. The molecule has 0 saturated carbocycles. The summed E-state index contributed by atoms with van der Waals surface area (Å²) < 4.78 is 0. The zero-order chi connectivity index (χ0) is 14.9. The summed E-state index contributed by atoms with van der Waals surface area (Å²) in [4.78, 5) is 24.6. The van der Waals surface area contributed by atoms with E-state index in [4.69, 9.17) is 28.3 Å². The van der Waals surface area contributed by atoms with Crippen LogP contribution in [-0.4, -0.2) is 35.1 Å². The molecule has 108 valence electrons. The van der Waals surface area contributed by atoms with Gasteiger partial charge in [-0.25, -0.2) is 4.79 Å². The van der Waals surface area contributed by atoms with Gasteiger partial charge in [-0.1, -0.05) is 36.2 Å². The van der Waals surface area contributed by atoms with Gasteiger partial charge in [-0.3, -0.25) is 4.79 Å². The van der Waals surface area contributed by atoms with Gasteiger partial charge in [-0.15, -0.1) is 0 Å². The average Bonchev–Trinajstić information content (AvgIpc) is 2.77. The van der Waals surface area contributed by atoms with Gasteiger partial charge in [0.1, 0.15) is 0 Å². The van der Waals surface area contributed by atoms with Gasteiger partial charge in [0.15, 0.2) is 0 Å². The molecule has 7 heteroatoms. The van der Waals surface area contributed by atoms with E-state index in [2.05, 4.69) is 5.32 Å². The van der Waals surface area contributed by atoms with E-state index in [-0.39, 0.29) is 23.5 Å². The SMILES string of the molecule is C[C@@H]1CN(C(=O)Nc2cccc(Cl)c2Cl)C[C@H]1C(=O)O. The molecule has 0 bridgehead atoms. The lowest BCUT2D eigenvalue weighted by Crippen LogP contribution is -2.33. The molecule has 5 nitrogen and oxygen atoms in total. The Kier molecular flexibility index (Phi) is 4.40. The van der Waals surface area contributed by atoms with E-state index in [0.29, 0.717) is 17.3 Å². The van der Waals surface area contributed by atoms with Crippen LogP contribution in [0.15, 0.2) is 18.2 Å². The number of urea groups is 1. The fourth-order valence-corrected chi connectivity index (χ4v) is 2.60. The number of hydrogen-bond acceptors (Lipinski definition) is 2. The molecule has 1 aromatic carbocycles. The van der Waals surface area contributed by atoms with E-state index in [9.17, 15) is 9.59 Å². The first-order chi connectivity index (χ1) is 9.40. The molecule has 0 aromatic heterocycles. The molecule has 20 heavy (non-hydrogen) atoms. The second-order valence-electron chi connectivity index (χ2n) is 4.86. The van der Waals surface area contributed by atoms with Gasteiger partial charge in [-0.2, -0.15) is 0 Å². The van der Waals surface area contributed by atoms with Gasteiger partial charge < -0.3 is 15.3 Å². The molecule has 1 heterocycles.